The summed E-state index contributed by atoms with van der Waals surface area (Å²) < 4.78 is 41.0. The number of benzene rings is 4. The van der Waals surface area contributed by atoms with Gasteiger partial charge in [0.15, 0.2) is 0 Å². The van der Waals surface area contributed by atoms with Crippen molar-refractivity contribution >= 4 is 44.6 Å². The average Bonchev–Trinajstić information content (AvgIpc) is 2.98. The van der Waals surface area contributed by atoms with Gasteiger partial charge in [-0.3, -0.25) is 4.31 Å². The molecule has 0 aliphatic rings. The zero-order valence-corrected chi connectivity index (χ0v) is 24.9. The van der Waals surface area contributed by atoms with E-state index in [1.54, 1.807) is 24.3 Å². The van der Waals surface area contributed by atoms with Gasteiger partial charge in [0.25, 0.3) is 10.0 Å². The summed E-state index contributed by atoms with van der Waals surface area (Å²) in [4.78, 5) is 2.25. The minimum atomic E-state index is -3.96. The van der Waals surface area contributed by atoms with Gasteiger partial charge in [-0.05, 0) is 66.2 Å². The van der Waals surface area contributed by atoms with E-state index in [4.69, 9.17) is 38.4 Å². The van der Waals surface area contributed by atoms with E-state index < -0.39 is 10.0 Å². The normalized spacial score (nSPS) is 11.3. The van der Waals surface area contributed by atoms with E-state index in [9.17, 15) is 8.42 Å². The van der Waals surface area contributed by atoms with Gasteiger partial charge >= 0.3 is 0 Å². The summed E-state index contributed by atoms with van der Waals surface area (Å²) in [5.41, 5.74) is 7.93. The molecule has 0 saturated carbocycles. The second-order valence-corrected chi connectivity index (χ2v) is 11.9. The molecule has 216 valence electrons. The van der Waals surface area contributed by atoms with Gasteiger partial charge in [-0.15, -0.1) is 0 Å². The van der Waals surface area contributed by atoms with Crippen molar-refractivity contribution in [3.8, 4) is 5.75 Å². The second-order valence-electron chi connectivity index (χ2n) is 9.13. The average molecular weight is 615 g/mol. The Balaban J connectivity index is 1.69. The predicted molar refractivity (Wildman–Crippen MR) is 167 cm³/mol. The van der Waals surface area contributed by atoms with Crippen LogP contribution in [0.4, 0.5) is 11.4 Å². The van der Waals surface area contributed by atoms with Crippen LogP contribution in [0.1, 0.15) is 5.56 Å². The van der Waals surface area contributed by atoms with Gasteiger partial charge < -0.3 is 20.1 Å². The molecule has 7 nitrogen and oxygen atoms in total. The number of hydrogen-bond donors (Lipinski definition) is 1. The fourth-order valence-corrected chi connectivity index (χ4v) is 5.99. The molecule has 0 radical (unpaired) electrons. The van der Waals surface area contributed by atoms with Gasteiger partial charge in [-0.1, -0.05) is 65.7 Å². The molecule has 4 rings (SSSR count). The van der Waals surface area contributed by atoms with Crippen molar-refractivity contribution in [3.05, 3.63) is 119 Å². The highest BCUT2D eigenvalue weighted by atomic mass is 35.5. The minimum absolute atomic E-state index is 0.0996. The van der Waals surface area contributed by atoms with Crippen molar-refractivity contribution in [2.45, 2.75) is 11.4 Å². The van der Waals surface area contributed by atoms with Crippen LogP contribution >= 0.6 is 23.2 Å². The maximum absolute atomic E-state index is 14.0. The lowest BCUT2D eigenvalue weighted by Crippen LogP contribution is -2.37. The number of rotatable bonds is 15. The third-order valence-corrected chi connectivity index (χ3v) is 8.58. The molecule has 0 amide bonds. The summed E-state index contributed by atoms with van der Waals surface area (Å²) in [5, 5.41) is 1.09. The number of para-hydroxylation sites is 2. The molecule has 10 heteroatoms. The number of nitrogens with two attached hydrogens (primary N) is 1. The Labute approximate surface area is 252 Å². The van der Waals surface area contributed by atoms with E-state index in [1.807, 2.05) is 66.7 Å². The van der Waals surface area contributed by atoms with E-state index >= 15 is 0 Å². The standard InChI is InChI=1S/C31H33Cl2N3O4S/c32-26-10-14-28(15-11-26)40-23-19-35(24-25-6-2-1-3-7-25)30-8-4-5-9-31(30)36(20-22-39-21-18-34)41(37,38)29-16-12-27(33)13-17-29/h1-17H,18-24,34H2. The van der Waals surface area contributed by atoms with Gasteiger partial charge in [0.2, 0.25) is 0 Å². The quantitative estimate of drug-likeness (QED) is 0.160. The summed E-state index contributed by atoms with van der Waals surface area (Å²) in [6, 6.07) is 30.8. The Bertz CT molecular complexity index is 1470. The molecule has 0 aliphatic heterocycles. The molecule has 4 aromatic rings. The maximum atomic E-state index is 14.0. The molecule has 2 N–H and O–H groups in total. The van der Waals surface area contributed by atoms with Gasteiger partial charge in [0.1, 0.15) is 12.4 Å². The number of anilines is 2. The van der Waals surface area contributed by atoms with Crippen LogP contribution in [0, 0.1) is 0 Å². The Morgan fingerprint density at radius 3 is 1.95 bits per heavy atom. The van der Waals surface area contributed by atoms with Crippen LogP contribution in [-0.2, 0) is 21.3 Å². The zero-order valence-electron chi connectivity index (χ0n) is 22.5. The lowest BCUT2D eigenvalue weighted by molar-refractivity contribution is 0.149. The molecule has 0 spiro atoms. The van der Waals surface area contributed by atoms with Crippen LogP contribution in [-0.4, -0.2) is 47.9 Å². The van der Waals surface area contributed by atoms with E-state index in [2.05, 4.69) is 4.90 Å². The molecule has 0 heterocycles. The van der Waals surface area contributed by atoms with Crippen molar-refractivity contribution in [2.24, 2.45) is 5.73 Å². The molecule has 0 saturated heterocycles. The molecular weight excluding hydrogens is 581 g/mol. The van der Waals surface area contributed by atoms with E-state index in [0.29, 0.717) is 54.3 Å². The molecule has 4 aromatic carbocycles. The molecule has 0 bridgehead atoms. The van der Waals surface area contributed by atoms with Crippen molar-refractivity contribution in [1.29, 1.82) is 0 Å². The van der Waals surface area contributed by atoms with Crippen LogP contribution in [0.25, 0.3) is 0 Å². The number of hydrogen-bond acceptors (Lipinski definition) is 6. The van der Waals surface area contributed by atoms with Crippen LogP contribution in [0.15, 0.2) is 108 Å². The Kier molecular flexibility index (Phi) is 11.3. The highest BCUT2D eigenvalue weighted by Gasteiger charge is 2.28. The molecule has 41 heavy (non-hydrogen) atoms. The highest BCUT2D eigenvalue weighted by molar-refractivity contribution is 7.92. The fourth-order valence-electron chi connectivity index (χ4n) is 4.27. The van der Waals surface area contributed by atoms with Gasteiger partial charge in [0, 0.05) is 23.1 Å². The second kappa shape index (κ2) is 15.1. The van der Waals surface area contributed by atoms with Crippen molar-refractivity contribution in [1.82, 2.24) is 0 Å². The largest absolute Gasteiger partial charge is 0.492 e. The molecule has 0 aliphatic carbocycles. The minimum Gasteiger partial charge on any atom is -0.492 e. The first kappa shape index (κ1) is 30.7. The lowest BCUT2D eigenvalue weighted by Gasteiger charge is -2.32. The van der Waals surface area contributed by atoms with Crippen molar-refractivity contribution < 1.29 is 17.9 Å². The first-order valence-electron chi connectivity index (χ1n) is 13.2. The van der Waals surface area contributed by atoms with Crippen LogP contribution in [0.3, 0.4) is 0 Å². The summed E-state index contributed by atoms with van der Waals surface area (Å²) in [6.07, 6.45) is 0. The topological polar surface area (TPSA) is 85.1 Å². The summed E-state index contributed by atoms with van der Waals surface area (Å²) in [6.45, 7) is 2.36. The molecule has 0 aromatic heterocycles. The predicted octanol–water partition coefficient (Wildman–Crippen LogP) is 6.25. The van der Waals surface area contributed by atoms with Crippen molar-refractivity contribution in [3.63, 3.8) is 0 Å². The highest BCUT2D eigenvalue weighted by Crippen LogP contribution is 2.34. The summed E-state index contributed by atoms with van der Waals surface area (Å²) >= 11 is 12.1. The van der Waals surface area contributed by atoms with Gasteiger partial charge in [0.05, 0.1) is 42.6 Å². The van der Waals surface area contributed by atoms with Gasteiger partial charge in [-0.25, -0.2) is 8.42 Å². The van der Waals surface area contributed by atoms with E-state index in [-0.39, 0.29) is 18.0 Å². The SMILES string of the molecule is NCCOCCN(c1ccccc1N(CCOc1ccc(Cl)cc1)Cc1ccccc1)S(=O)(=O)c1ccc(Cl)cc1. The van der Waals surface area contributed by atoms with Gasteiger partial charge in [-0.2, -0.15) is 0 Å². The summed E-state index contributed by atoms with van der Waals surface area (Å²) in [5.74, 6) is 0.700. The Hall–Kier alpha value is -3.27. The smallest absolute Gasteiger partial charge is 0.264 e. The van der Waals surface area contributed by atoms with Crippen molar-refractivity contribution in [2.75, 3.05) is 48.7 Å². The Morgan fingerprint density at radius 2 is 1.29 bits per heavy atom. The fraction of sp³-hybridized carbons (Fsp3) is 0.226. The zero-order chi connectivity index (χ0) is 29.1. The number of sulfonamides is 1. The molecular formula is C31H33Cl2N3O4S. The monoisotopic (exact) mass is 613 g/mol. The third kappa shape index (κ3) is 8.61. The first-order valence-corrected chi connectivity index (χ1v) is 15.4. The number of halogens is 2. The number of ether oxygens (including phenoxy) is 2. The van der Waals surface area contributed by atoms with Crippen LogP contribution in [0.5, 0.6) is 5.75 Å². The van der Waals surface area contributed by atoms with Crippen LogP contribution < -0.4 is 19.7 Å². The lowest BCUT2D eigenvalue weighted by atomic mass is 10.1. The molecule has 0 atom stereocenters. The third-order valence-electron chi connectivity index (χ3n) is 6.25. The molecule has 0 fully saturated rings. The van der Waals surface area contributed by atoms with E-state index in [0.717, 1.165) is 11.3 Å². The maximum Gasteiger partial charge on any atom is 0.264 e. The molecule has 0 unspecified atom stereocenters. The Morgan fingerprint density at radius 1 is 0.683 bits per heavy atom. The number of nitrogens with zero attached hydrogens (tertiary/aromatic N) is 2. The van der Waals surface area contributed by atoms with E-state index in [1.165, 1.54) is 16.4 Å². The first-order chi connectivity index (χ1) is 19.9. The van der Waals surface area contributed by atoms with Crippen LogP contribution in [0.2, 0.25) is 10.0 Å². The summed E-state index contributed by atoms with van der Waals surface area (Å²) in [7, 11) is -3.96.